The molecule has 258 valence electrons. The highest BCUT2D eigenvalue weighted by atomic mass is 16.6. The SMILES string of the molecule is C=CC(=O)OCCOCCOCCOCCOCCOCCOCCOCCOCCOCCNC(=O)OCc1ccccc1. The van der Waals surface area contributed by atoms with Crippen LogP contribution in [0.3, 0.4) is 0 Å². The summed E-state index contributed by atoms with van der Waals surface area (Å²) >= 11 is 0. The van der Waals surface area contributed by atoms with Crippen molar-refractivity contribution in [3.05, 3.63) is 48.6 Å². The van der Waals surface area contributed by atoms with Gasteiger partial charge < -0.3 is 57.4 Å². The number of benzene rings is 1. The Morgan fingerprint density at radius 3 is 1.24 bits per heavy atom. The van der Waals surface area contributed by atoms with Gasteiger partial charge in [-0.15, -0.1) is 0 Å². The van der Waals surface area contributed by atoms with Gasteiger partial charge in [-0.1, -0.05) is 36.9 Å². The average Bonchev–Trinajstić information content (AvgIpc) is 3.06. The van der Waals surface area contributed by atoms with Crippen molar-refractivity contribution in [1.29, 1.82) is 0 Å². The number of amides is 1. The van der Waals surface area contributed by atoms with Gasteiger partial charge in [0.05, 0.1) is 119 Å². The number of carbonyl (C=O) groups is 2. The molecular formula is C31H51NO13. The Bertz CT molecular complexity index is 816. The molecule has 1 amide bonds. The van der Waals surface area contributed by atoms with Crippen LogP contribution in [-0.2, 0) is 63.5 Å². The molecule has 0 saturated heterocycles. The molecule has 0 unspecified atom stereocenters. The summed E-state index contributed by atoms with van der Waals surface area (Å²) in [5.74, 6) is -0.463. The molecule has 0 aliphatic rings. The summed E-state index contributed by atoms with van der Waals surface area (Å²) in [5, 5.41) is 2.64. The number of nitrogens with one attached hydrogen (secondary N) is 1. The molecule has 45 heavy (non-hydrogen) atoms. The monoisotopic (exact) mass is 645 g/mol. The summed E-state index contributed by atoms with van der Waals surface area (Å²) in [7, 11) is 0. The number of hydrogen-bond donors (Lipinski definition) is 1. The van der Waals surface area contributed by atoms with E-state index in [-0.39, 0.29) is 13.2 Å². The second-order valence-electron chi connectivity index (χ2n) is 8.87. The summed E-state index contributed by atoms with van der Waals surface area (Å²) in [4.78, 5) is 22.5. The van der Waals surface area contributed by atoms with E-state index in [0.29, 0.717) is 125 Å². The number of alkyl carbamates (subject to hydrolysis) is 1. The molecule has 1 aromatic rings. The van der Waals surface area contributed by atoms with Gasteiger partial charge in [-0.2, -0.15) is 0 Å². The van der Waals surface area contributed by atoms with Crippen LogP contribution in [0.5, 0.6) is 0 Å². The smallest absolute Gasteiger partial charge is 0.407 e. The maximum absolute atomic E-state index is 11.6. The quantitative estimate of drug-likeness (QED) is 0.0674. The van der Waals surface area contributed by atoms with Crippen molar-refractivity contribution in [2.45, 2.75) is 6.61 Å². The molecule has 0 saturated carbocycles. The predicted octanol–water partition coefficient (Wildman–Crippen LogP) is 1.79. The van der Waals surface area contributed by atoms with Gasteiger partial charge in [-0.05, 0) is 5.56 Å². The maximum atomic E-state index is 11.6. The first-order valence-corrected chi connectivity index (χ1v) is 15.2. The van der Waals surface area contributed by atoms with Crippen LogP contribution in [0.2, 0.25) is 0 Å². The molecule has 0 aliphatic carbocycles. The topological polar surface area (TPSA) is 148 Å². The second-order valence-corrected chi connectivity index (χ2v) is 8.87. The molecule has 1 aromatic carbocycles. The Balaban J connectivity index is 1.65. The Labute approximate surface area is 266 Å². The van der Waals surface area contributed by atoms with E-state index >= 15 is 0 Å². The summed E-state index contributed by atoms with van der Waals surface area (Å²) in [6.45, 7) is 12.2. The average molecular weight is 646 g/mol. The third-order valence-corrected chi connectivity index (χ3v) is 5.34. The predicted molar refractivity (Wildman–Crippen MR) is 163 cm³/mol. The molecule has 0 bridgehead atoms. The standard InChI is InChI=1S/C31H51NO13/c1-2-30(33)44-27-26-43-25-24-42-23-22-41-21-20-40-19-18-39-17-16-38-15-14-37-13-12-36-11-10-35-9-8-32-31(34)45-28-29-6-4-3-5-7-29/h2-7H,1,8-28H2,(H,32,34). The van der Waals surface area contributed by atoms with Gasteiger partial charge in [0.2, 0.25) is 0 Å². The first-order valence-electron chi connectivity index (χ1n) is 15.2. The molecular weight excluding hydrogens is 594 g/mol. The van der Waals surface area contributed by atoms with E-state index in [2.05, 4.69) is 11.9 Å². The number of esters is 1. The van der Waals surface area contributed by atoms with E-state index < -0.39 is 12.1 Å². The summed E-state index contributed by atoms with van der Waals surface area (Å²) in [5.41, 5.74) is 0.934. The van der Waals surface area contributed by atoms with Crippen LogP contribution in [-0.4, -0.2) is 144 Å². The van der Waals surface area contributed by atoms with E-state index in [4.69, 9.17) is 52.1 Å². The lowest BCUT2D eigenvalue weighted by Crippen LogP contribution is -2.28. The van der Waals surface area contributed by atoms with Gasteiger partial charge in [0.1, 0.15) is 13.2 Å². The van der Waals surface area contributed by atoms with E-state index in [9.17, 15) is 9.59 Å². The molecule has 0 aliphatic heterocycles. The summed E-state index contributed by atoms with van der Waals surface area (Å²) in [6, 6.07) is 9.49. The van der Waals surface area contributed by atoms with Crippen molar-refractivity contribution in [3.63, 3.8) is 0 Å². The largest absolute Gasteiger partial charge is 0.460 e. The zero-order valence-electron chi connectivity index (χ0n) is 26.3. The molecule has 1 N–H and O–H groups in total. The highest BCUT2D eigenvalue weighted by molar-refractivity contribution is 5.81. The maximum Gasteiger partial charge on any atom is 0.407 e. The van der Waals surface area contributed by atoms with Crippen molar-refractivity contribution in [2.24, 2.45) is 0 Å². The van der Waals surface area contributed by atoms with Gasteiger partial charge in [0.25, 0.3) is 0 Å². The molecule has 0 aromatic heterocycles. The van der Waals surface area contributed by atoms with Gasteiger partial charge in [-0.3, -0.25) is 0 Å². The fourth-order valence-electron chi connectivity index (χ4n) is 3.12. The molecule has 0 spiro atoms. The van der Waals surface area contributed by atoms with Crippen molar-refractivity contribution < 1.29 is 61.7 Å². The first-order chi connectivity index (χ1) is 22.2. The molecule has 0 atom stereocenters. The van der Waals surface area contributed by atoms with Gasteiger partial charge in [0, 0.05) is 12.6 Å². The molecule has 0 heterocycles. The van der Waals surface area contributed by atoms with Gasteiger partial charge in [0.15, 0.2) is 0 Å². The third-order valence-electron chi connectivity index (χ3n) is 5.34. The van der Waals surface area contributed by atoms with Crippen molar-refractivity contribution in [1.82, 2.24) is 5.32 Å². The summed E-state index contributed by atoms with van der Waals surface area (Å²) in [6.07, 6.45) is 0.638. The van der Waals surface area contributed by atoms with Crippen LogP contribution in [0, 0.1) is 0 Å². The fourth-order valence-corrected chi connectivity index (χ4v) is 3.12. The summed E-state index contributed by atoms with van der Waals surface area (Å²) < 4.78 is 58.6. The van der Waals surface area contributed by atoms with Crippen LogP contribution in [0.25, 0.3) is 0 Å². The van der Waals surface area contributed by atoms with Gasteiger partial charge in [-0.25, -0.2) is 9.59 Å². The number of hydrogen-bond acceptors (Lipinski definition) is 13. The Morgan fingerprint density at radius 2 is 0.867 bits per heavy atom. The minimum atomic E-state index is -0.473. The van der Waals surface area contributed by atoms with E-state index in [1.807, 2.05) is 30.3 Å². The highest BCUT2D eigenvalue weighted by Crippen LogP contribution is 2.00. The van der Waals surface area contributed by atoms with Crippen molar-refractivity contribution in [2.75, 3.05) is 132 Å². The minimum Gasteiger partial charge on any atom is -0.460 e. The molecule has 14 nitrogen and oxygen atoms in total. The number of ether oxygens (including phenoxy) is 11. The Kier molecular flexibility index (Phi) is 29.4. The van der Waals surface area contributed by atoms with Crippen LogP contribution in [0.15, 0.2) is 43.0 Å². The van der Waals surface area contributed by atoms with Crippen LogP contribution >= 0.6 is 0 Å². The molecule has 0 radical (unpaired) electrons. The lowest BCUT2D eigenvalue weighted by Gasteiger charge is -2.09. The lowest BCUT2D eigenvalue weighted by molar-refractivity contribution is -0.139. The van der Waals surface area contributed by atoms with Crippen molar-refractivity contribution >= 4 is 12.1 Å². The molecule has 0 fully saturated rings. The fraction of sp³-hybridized carbons (Fsp3) is 0.677. The van der Waals surface area contributed by atoms with Crippen LogP contribution < -0.4 is 5.32 Å². The van der Waals surface area contributed by atoms with E-state index in [0.717, 1.165) is 11.6 Å². The molecule has 1 rings (SSSR count). The van der Waals surface area contributed by atoms with Gasteiger partial charge >= 0.3 is 12.1 Å². The van der Waals surface area contributed by atoms with Crippen molar-refractivity contribution in [3.8, 4) is 0 Å². The normalized spacial score (nSPS) is 10.9. The highest BCUT2D eigenvalue weighted by Gasteiger charge is 2.02. The number of carbonyl (C=O) groups excluding carboxylic acids is 2. The lowest BCUT2D eigenvalue weighted by atomic mass is 10.2. The zero-order valence-corrected chi connectivity index (χ0v) is 26.3. The minimum absolute atomic E-state index is 0.194. The zero-order chi connectivity index (χ0) is 32.3. The number of rotatable bonds is 33. The molecule has 14 heteroatoms. The second kappa shape index (κ2) is 32.7. The first kappa shape index (κ1) is 40.4. The van der Waals surface area contributed by atoms with Crippen LogP contribution in [0.4, 0.5) is 4.79 Å². The van der Waals surface area contributed by atoms with E-state index in [1.165, 1.54) is 0 Å². The Morgan fingerprint density at radius 1 is 0.511 bits per heavy atom. The van der Waals surface area contributed by atoms with E-state index in [1.54, 1.807) is 0 Å². The van der Waals surface area contributed by atoms with Crippen LogP contribution in [0.1, 0.15) is 5.56 Å². The third kappa shape index (κ3) is 29.8. The Hall–Kier alpha value is -2.66.